The molecular formula is C13H13N3O3. The van der Waals surface area contributed by atoms with Crippen molar-refractivity contribution < 1.29 is 14.7 Å². The summed E-state index contributed by atoms with van der Waals surface area (Å²) in [6.07, 6.45) is 2.49. The molecule has 2 aromatic rings. The van der Waals surface area contributed by atoms with Crippen LogP contribution >= 0.6 is 0 Å². The Morgan fingerprint density at radius 2 is 2.00 bits per heavy atom. The molecule has 0 aliphatic heterocycles. The van der Waals surface area contributed by atoms with E-state index in [1.165, 1.54) is 18.2 Å². The number of nitrogens with one attached hydrogen (secondary N) is 2. The Morgan fingerprint density at radius 3 is 2.68 bits per heavy atom. The molecule has 0 radical (unpaired) electrons. The first-order chi connectivity index (χ1) is 9.16. The predicted octanol–water partition coefficient (Wildman–Crippen LogP) is 1.08. The molecule has 6 heteroatoms. The third-order valence-corrected chi connectivity index (χ3v) is 2.54. The fourth-order valence-corrected chi connectivity index (χ4v) is 1.60. The van der Waals surface area contributed by atoms with Crippen molar-refractivity contribution in [2.24, 2.45) is 0 Å². The van der Waals surface area contributed by atoms with E-state index < -0.39 is 5.97 Å². The Morgan fingerprint density at radius 1 is 1.21 bits per heavy atom. The number of hydrogen-bond acceptors (Lipinski definition) is 3. The highest BCUT2D eigenvalue weighted by Crippen LogP contribution is 2.00. The van der Waals surface area contributed by atoms with Crippen LogP contribution in [0.2, 0.25) is 0 Å². The predicted molar refractivity (Wildman–Crippen MR) is 68.0 cm³/mol. The van der Waals surface area contributed by atoms with Crippen molar-refractivity contribution in [3.05, 3.63) is 53.6 Å². The number of amides is 1. The maximum Gasteiger partial charge on any atom is 0.354 e. The van der Waals surface area contributed by atoms with Gasteiger partial charge in [0, 0.05) is 24.9 Å². The van der Waals surface area contributed by atoms with Crippen LogP contribution in [-0.2, 0) is 6.42 Å². The monoisotopic (exact) mass is 259 g/mol. The van der Waals surface area contributed by atoms with E-state index in [-0.39, 0.29) is 17.3 Å². The Labute approximate surface area is 109 Å². The average Bonchev–Trinajstić information content (AvgIpc) is 2.92. The van der Waals surface area contributed by atoms with E-state index in [0.29, 0.717) is 13.0 Å². The summed E-state index contributed by atoms with van der Waals surface area (Å²) < 4.78 is 0. The molecule has 0 aliphatic rings. The Bertz CT molecular complexity index is 579. The molecule has 3 N–H and O–H groups in total. The lowest BCUT2D eigenvalue weighted by Gasteiger charge is -2.04. The lowest BCUT2D eigenvalue weighted by atomic mass is 10.2. The van der Waals surface area contributed by atoms with E-state index in [0.717, 1.165) is 5.69 Å². The summed E-state index contributed by atoms with van der Waals surface area (Å²) in [7, 11) is 0. The minimum absolute atomic E-state index is 0.103. The van der Waals surface area contributed by atoms with Crippen molar-refractivity contribution in [1.82, 2.24) is 15.3 Å². The molecule has 2 aromatic heterocycles. The molecule has 0 saturated carbocycles. The van der Waals surface area contributed by atoms with E-state index in [2.05, 4.69) is 15.3 Å². The third kappa shape index (κ3) is 3.41. The van der Waals surface area contributed by atoms with Crippen LogP contribution in [0.3, 0.4) is 0 Å². The lowest BCUT2D eigenvalue weighted by Crippen LogP contribution is -2.27. The summed E-state index contributed by atoms with van der Waals surface area (Å²) >= 11 is 0. The lowest BCUT2D eigenvalue weighted by molar-refractivity contribution is 0.0690. The fourth-order valence-electron chi connectivity index (χ4n) is 1.60. The van der Waals surface area contributed by atoms with Crippen LogP contribution in [0.5, 0.6) is 0 Å². The Hall–Kier alpha value is -2.63. The van der Waals surface area contributed by atoms with Crippen LogP contribution in [0.15, 0.2) is 36.5 Å². The summed E-state index contributed by atoms with van der Waals surface area (Å²) in [4.78, 5) is 29.3. The van der Waals surface area contributed by atoms with Gasteiger partial charge in [0.1, 0.15) is 11.4 Å². The van der Waals surface area contributed by atoms with Crippen molar-refractivity contribution in [1.29, 1.82) is 0 Å². The number of rotatable bonds is 5. The van der Waals surface area contributed by atoms with Crippen LogP contribution < -0.4 is 5.32 Å². The van der Waals surface area contributed by atoms with Crippen molar-refractivity contribution in [2.45, 2.75) is 6.42 Å². The third-order valence-electron chi connectivity index (χ3n) is 2.54. The number of H-pyrrole nitrogens is 1. The highest BCUT2D eigenvalue weighted by molar-refractivity contribution is 5.94. The van der Waals surface area contributed by atoms with Crippen LogP contribution in [0.25, 0.3) is 0 Å². The normalized spacial score (nSPS) is 10.1. The highest BCUT2D eigenvalue weighted by atomic mass is 16.4. The van der Waals surface area contributed by atoms with Gasteiger partial charge in [0.15, 0.2) is 0 Å². The maximum atomic E-state index is 11.8. The number of pyridine rings is 1. The van der Waals surface area contributed by atoms with Crippen molar-refractivity contribution >= 4 is 11.9 Å². The second-order valence-corrected chi connectivity index (χ2v) is 3.91. The van der Waals surface area contributed by atoms with Gasteiger partial charge in [-0.2, -0.15) is 0 Å². The summed E-state index contributed by atoms with van der Waals surface area (Å²) in [6, 6.07) is 8.13. The SMILES string of the molecule is O=C(O)c1cccc(C(=O)NCCc2ccc[nH]2)n1. The molecule has 0 fully saturated rings. The number of carbonyl (C=O) groups is 2. The van der Waals surface area contributed by atoms with Gasteiger partial charge in [-0.25, -0.2) is 9.78 Å². The molecule has 6 nitrogen and oxygen atoms in total. The zero-order valence-electron chi connectivity index (χ0n) is 10.1. The Balaban J connectivity index is 1.92. The molecule has 0 aromatic carbocycles. The number of aromatic carboxylic acids is 1. The number of aromatic nitrogens is 2. The first-order valence-electron chi connectivity index (χ1n) is 5.77. The first-order valence-corrected chi connectivity index (χ1v) is 5.77. The van der Waals surface area contributed by atoms with E-state index in [1.807, 2.05) is 18.3 Å². The second-order valence-electron chi connectivity index (χ2n) is 3.91. The van der Waals surface area contributed by atoms with Crippen LogP contribution in [0.1, 0.15) is 26.7 Å². The fraction of sp³-hybridized carbons (Fsp3) is 0.154. The summed E-state index contributed by atoms with van der Waals surface area (Å²) in [6.45, 7) is 0.457. The van der Waals surface area contributed by atoms with Gasteiger partial charge in [0.05, 0.1) is 0 Å². The van der Waals surface area contributed by atoms with E-state index in [4.69, 9.17) is 5.11 Å². The minimum Gasteiger partial charge on any atom is -0.477 e. The molecule has 2 heterocycles. The molecule has 0 unspecified atom stereocenters. The molecule has 0 atom stereocenters. The maximum absolute atomic E-state index is 11.8. The van der Waals surface area contributed by atoms with Gasteiger partial charge in [-0.15, -0.1) is 0 Å². The van der Waals surface area contributed by atoms with Gasteiger partial charge in [-0.3, -0.25) is 4.79 Å². The molecule has 0 bridgehead atoms. The largest absolute Gasteiger partial charge is 0.477 e. The zero-order chi connectivity index (χ0) is 13.7. The first kappa shape index (κ1) is 12.8. The van der Waals surface area contributed by atoms with Crippen LogP contribution in [0.4, 0.5) is 0 Å². The van der Waals surface area contributed by atoms with Gasteiger partial charge in [-0.05, 0) is 24.3 Å². The van der Waals surface area contributed by atoms with Crippen molar-refractivity contribution in [3.63, 3.8) is 0 Å². The summed E-state index contributed by atoms with van der Waals surface area (Å²) in [5.41, 5.74) is 0.982. The molecule has 0 aliphatic carbocycles. The van der Waals surface area contributed by atoms with E-state index in [1.54, 1.807) is 0 Å². The summed E-state index contributed by atoms with van der Waals surface area (Å²) in [5, 5.41) is 11.5. The molecule has 1 amide bonds. The van der Waals surface area contributed by atoms with E-state index >= 15 is 0 Å². The number of carboxylic acids is 1. The van der Waals surface area contributed by atoms with Crippen LogP contribution in [0, 0.1) is 0 Å². The van der Waals surface area contributed by atoms with Gasteiger partial charge in [0.2, 0.25) is 0 Å². The second kappa shape index (κ2) is 5.81. The van der Waals surface area contributed by atoms with E-state index in [9.17, 15) is 9.59 Å². The number of carboxylic acid groups (broad SMARTS) is 1. The minimum atomic E-state index is -1.15. The van der Waals surface area contributed by atoms with Crippen LogP contribution in [-0.4, -0.2) is 33.5 Å². The van der Waals surface area contributed by atoms with Gasteiger partial charge >= 0.3 is 5.97 Å². The summed E-state index contributed by atoms with van der Waals surface area (Å²) in [5.74, 6) is -1.53. The zero-order valence-corrected chi connectivity index (χ0v) is 10.1. The quantitative estimate of drug-likeness (QED) is 0.748. The number of aromatic amines is 1. The van der Waals surface area contributed by atoms with Crippen molar-refractivity contribution in [3.8, 4) is 0 Å². The highest BCUT2D eigenvalue weighted by Gasteiger charge is 2.10. The Kier molecular flexibility index (Phi) is 3.92. The van der Waals surface area contributed by atoms with Gasteiger partial charge in [-0.1, -0.05) is 6.07 Å². The number of carbonyl (C=O) groups excluding carboxylic acids is 1. The molecular weight excluding hydrogens is 246 g/mol. The van der Waals surface area contributed by atoms with Gasteiger partial charge < -0.3 is 15.4 Å². The smallest absolute Gasteiger partial charge is 0.354 e. The number of nitrogens with zero attached hydrogens (tertiary/aromatic N) is 1. The average molecular weight is 259 g/mol. The molecule has 19 heavy (non-hydrogen) atoms. The number of hydrogen-bond donors (Lipinski definition) is 3. The molecule has 2 rings (SSSR count). The van der Waals surface area contributed by atoms with Crippen molar-refractivity contribution in [2.75, 3.05) is 6.54 Å². The van der Waals surface area contributed by atoms with Gasteiger partial charge in [0.25, 0.3) is 5.91 Å². The molecule has 0 saturated heterocycles. The topological polar surface area (TPSA) is 95.1 Å². The molecule has 0 spiro atoms. The molecule has 98 valence electrons. The standard InChI is InChI=1S/C13H13N3O3/c17-12(15-8-6-9-3-2-7-14-9)10-4-1-5-11(16-10)13(18)19/h1-5,7,14H,6,8H2,(H,15,17)(H,18,19).